The molecule has 0 aliphatic heterocycles. The maximum Gasteiger partial charge on any atom is 0.305 e. The Morgan fingerprint density at radius 1 is 0.440 bits per heavy atom. The van der Waals surface area contributed by atoms with E-state index in [1.54, 1.807) is 13.1 Å². The molecule has 0 saturated heterocycles. The summed E-state index contributed by atoms with van der Waals surface area (Å²) in [5.74, 6) is 0.818. The molecule has 0 saturated carbocycles. The molecule has 3 atom stereocenters. The molecule has 448 valence electrons. The van der Waals surface area contributed by atoms with E-state index >= 15 is 0 Å². The van der Waals surface area contributed by atoms with Crippen LogP contribution >= 0.6 is 0 Å². The SMILES string of the molecule is CCCCC/C=C\CC(C)CCCCCCCC(=O)OCCCCCCCCCCCC.CCCCCCCCCCCCC/C=C/C(O)C(CO)NC.CCCCCCCCCCCCCCCCCCCC=O. The zero-order chi connectivity index (χ0) is 55.4. The molecule has 0 aromatic carbocycles. The molecular formula is C69H137NO5. The summed E-state index contributed by atoms with van der Waals surface area (Å²) in [6.45, 7) is 12.0. The van der Waals surface area contributed by atoms with Crippen molar-refractivity contribution in [3.63, 3.8) is 0 Å². The Balaban J connectivity index is -0.00000107. The van der Waals surface area contributed by atoms with Crippen LogP contribution in [-0.4, -0.2) is 54.9 Å². The van der Waals surface area contributed by atoms with Gasteiger partial charge in [0, 0.05) is 12.8 Å². The number of ether oxygens (including phenoxy) is 1. The summed E-state index contributed by atoms with van der Waals surface area (Å²) < 4.78 is 5.40. The van der Waals surface area contributed by atoms with Crippen molar-refractivity contribution < 1.29 is 24.5 Å². The van der Waals surface area contributed by atoms with Crippen molar-refractivity contribution in [2.75, 3.05) is 20.3 Å². The van der Waals surface area contributed by atoms with E-state index in [1.807, 2.05) is 6.08 Å². The van der Waals surface area contributed by atoms with E-state index in [9.17, 15) is 14.7 Å². The molecule has 0 bridgehead atoms. The minimum absolute atomic E-state index is 0.0141. The van der Waals surface area contributed by atoms with Gasteiger partial charge in [0.05, 0.1) is 25.4 Å². The van der Waals surface area contributed by atoms with E-state index in [-0.39, 0.29) is 18.6 Å². The molecule has 0 aliphatic rings. The molecule has 0 amide bonds. The fourth-order valence-electron chi connectivity index (χ4n) is 9.84. The van der Waals surface area contributed by atoms with E-state index in [0.717, 1.165) is 44.3 Å². The van der Waals surface area contributed by atoms with E-state index in [2.05, 4.69) is 52.1 Å². The van der Waals surface area contributed by atoms with Gasteiger partial charge in [-0.2, -0.15) is 0 Å². The fourth-order valence-corrected chi connectivity index (χ4v) is 9.84. The normalized spacial score (nSPS) is 12.6. The number of nitrogens with one attached hydrogen (secondary N) is 1. The molecule has 0 radical (unpaired) electrons. The molecule has 3 unspecified atom stereocenters. The Kier molecular flexibility index (Phi) is 75.1. The minimum atomic E-state index is -0.595. The number of allylic oxidation sites excluding steroid dienone is 3. The maximum atomic E-state index is 11.8. The summed E-state index contributed by atoms with van der Waals surface area (Å²) in [6, 6.07) is -0.256. The molecule has 0 fully saturated rings. The Labute approximate surface area is 471 Å². The van der Waals surface area contributed by atoms with Crippen molar-refractivity contribution in [1.29, 1.82) is 0 Å². The summed E-state index contributed by atoms with van der Waals surface area (Å²) in [5.41, 5.74) is 0. The van der Waals surface area contributed by atoms with E-state index in [4.69, 9.17) is 9.84 Å². The van der Waals surface area contributed by atoms with Crippen molar-refractivity contribution in [3.05, 3.63) is 24.3 Å². The summed E-state index contributed by atoms with van der Waals surface area (Å²) in [6.07, 6.45) is 77.2. The van der Waals surface area contributed by atoms with Gasteiger partial charge in [0.1, 0.15) is 6.29 Å². The van der Waals surface area contributed by atoms with Crippen molar-refractivity contribution in [3.8, 4) is 0 Å². The van der Waals surface area contributed by atoms with Gasteiger partial charge in [-0.1, -0.05) is 329 Å². The van der Waals surface area contributed by atoms with Gasteiger partial charge in [-0.15, -0.1) is 0 Å². The lowest BCUT2D eigenvalue weighted by molar-refractivity contribution is -0.143. The first kappa shape index (κ1) is 77.7. The first-order valence-corrected chi connectivity index (χ1v) is 33.7. The number of carbonyl (C=O) groups is 2. The molecular weight excluding hydrogens is 923 g/mol. The Morgan fingerprint density at radius 2 is 0.773 bits per heavy atom. The standard InChI is InChI=1S/C30H58O2.C20H40O.C19H39NO2/c1-4-6-8-10-12-13-14-15-20-24-28-32-30(31)27-23-19-16-18-22-26-29(3)25-21-17-11-9-7-5-2;1-2-3-4-5-6-7-8-9-10-11-12-13-14-15-16-17-18-19-20-21;1-3-4-5-6-7-8-9-10-11-12-13-14-15-16-19(22)18(17-21)20-2/h17,21,29H,4-16,18-20,22-28H2,1-3H3;20H,2-19H2,1H3;15-16,18-22H,3-14,17H2,1-2H3/b21-17-;;16-15+. The van der Waals surface area contributed by atoms with Crippen LogP contribution in [-0.2, 0) is 14.3 Å². The van der Waals surface area contributed by atoms with Crippen LogP contribution in [0, 0.1) is 5.92 Å². The predicted octanol–water partition coefficient (Wildman–Crippen LogP) is 21.8. The summed E-state index contributed by atoms with van der Waals surface area (Å²) in [7, 11) is 1.75. The number of aliphatic hydroxyl groups is 2. The molecule has 0 rings (SSSR count). The van der Waals surface area contributed by atoms with Crippen LogP contribution in [0.15, 0.2) is 24.3 Å². The number of aliphatic hydroxyl groups excluding tert-OH is 2. The second-order valence-electron chi connectivity index (χ2n) is 22.9. The third kappa shape index (κ3) is 72.5. The van der Waals surface area contributed by atoms with Crippen molar-refractivity contribution >= 4 is 12.3 Å². The fraction of sp³-hybridized carbons (Fsp3) is 0.913. The Morgan fingerprint density at radius 3 is 1.17 bits per heavy atom. The van der Waals surface area contributed by atoms with Gasteiger partial charge in [-0.05, 0) is 64.3 Å². The van der Waals surface area contributed by atoms with Gasteiger partial charge in [0.15, 0.2) is 0 Å². The highest BCUT2D eigenvalue weighted by Gasteiger charge is 2.12. The number of hydrogen-bond donors (Lipinski definition) is 3. The van der Waals surface area contributed by atoms with E-state index in [1.165, 1.54) is 295 Å². The Bertz CT molecular complexity index is 1090. The monoisotopic (exact) mass is 1060 g/mol. The largest absolute Gasteiger partial charge is 0.466 e. The molecule has 0 heterocycles. The minimum Gasteiger partial charge on any atom is -0.466 e. The second-order valence-corrected chi connectivity index (χ2v) is 22.9. The first-order valence-electron chi connectivity index (χ1n) is 33.7. The van der Waals surface area contributed by atoms with Gasteiger partial charge in [-0.25, -0.2) is 0 Å². The number of rotatable bonds is 59. The molecule has 3 N–H and O–H groups in total. The van der Waals surface area contributed by atoms with Crippen LogP contribution < -0.4 is 5.32 Å². The van der Waals surface area contributed by atoms with Crippen LogP contribution in [0.4, 0.5) is 0 Å². The quantitative estimate of drug-likeness (QED) is 0.0243. The summed E-state index contributed by atoms with van der Waals surface area (Å²) in [5, 5.41) is 21.7. The summed E-state index contributed by atoms with van der Waals surface area (Å²) in [4.78, 5) is 22.0. The molecule has 75 heavy (non-hydrogen) atoms. The third-order valence-corrected chi connectivity index (χ3v) is 15.2. The van der Waals surface area contributed by atoms with Crippen molar-refractivity contribution in [2.24, 2.45) is 5.92 Å². The lowest BCUT2D eigenvalue weighted by atomic mass is 9.98. The lowest BCUT2D eigenvalue weighted by Gasteiger charge is -2.16. The van der Waals surface area contributed by atoms with Gasteiger partial charge in [-0.3, -0.25) is 4.79 Å². The molecule has 0 aromatic heterocycles. The second kappa shape index (κ2) is 72.5. The topological polar surface area (TPSA) is 95.9 Å². The number of carbonyl (C=O) groups excluding carboxylic acids is 2. The molecule has 0 spiro atoms. The smallest absolute Gasteiger partial charge is 0.305 e. The molecule has 0 aliphatic carbocycles. The van der Waals surface area contributed by atoms with Crippen molar-refractivity contribution in [2.45, 2.75) is 381 Å². The van der Waals surface area contributed by atoms with Gasteiger partial charge >= 0.3 is 5.97 Å². The van der Waals surface area contributed by atoms with E-state index < -0.39 is 6.10 Å². The highest BCUT2D eigenvalue weighted by atomic mass is 16.5. The van der Waals surface area contributed by atoms with Gasteiger partial charge in [0.25, 0.3) is 0 Å². The third-order valence-electron chi connectivity index (χ3n) is 15.2. The van der Waals surface area contributed by atoms with Crippen LogP contribution in [0.25, 0.3) is 0 Å². The number of unbranched alkanes of at least 4 members (excludes halogenated alkanes) is 44. The highest BCUT2D eigenvalue weighted by Crippen LogP contribution is 2.18. The highest BCUT2D eigenvalue weighted by molar-refractivity contribution is 5.69. The van der Waals surface area contributed by atoms with Crippen LogP contribution in [0.1, 0.15) is 369 Å². The van der Waals surface area contributed by atoms with E-state index in [0.29, 0.717) is 13.0 Å². The van der Waals surface area contributed by atoms with Crippen LogP contribution in [0.2, 0.25) is 0 Å². The maximum absolute atomic E-state index is 11.8. The molecule has 6 heteroatoms. The zero-order valence-electron chi connectivity index (χ0n) is 51.9. The summed E-state index contributed by atoms with van der Waals surface area (Å²) >= 11 is 0. The first-order chi connectivity index (χ1) is 36.9. The van der Waals surface area contributed by atoms with Gasteiger partial charge < -0.3 is 25.1 Å². The number of likely N-dealkylation sites (N-methyl/N-ethyl adjacent to an activating group) is 1. The van der Waals surface area contributed by atoms with Gasteiger partial charge in [0.2, 0.25) is 0 Å². The number of hydrogen-bond acceptors (Lipinski definition) is 6. The molecule has 0 aromatic rings. The van der Waals surface area contributed by atoms with Crippen LogP contribution in [0.3, 0.4) is 0 Å². The van der Waals surface area contributed by atoms with Crippen molar-refractivity contribution in [1.82, 2.24) is 5.32 Å². The predicted molar refractivity (Wildman–Crippen MR) is 333 cm³/mol. The number of aldehydes is 1. The lowest BCUT2D eigenvalue weighted by Crippen LogP contribution is -2.39. The Hall–Kier alpha value is -1.50. The average molecular weight is 1060 g/mol. The average Bonchev–Trinajstić information content (AvgIpc) is 3.41. The van der Waals surface area contributed by atoms with Crippen LogP contribution in [0.5, 0.6) is 0 Å². The zero-order valence-corrected chi connectivity index (χ0v) is 51.9. The number of esters is 1. The molecule has 6 nitrogen and oxygen atoms in total.